The number of nitrogens with two attached hydrogens (primary N) is 1. The molecule has 0 aromatic carbocycles. The minimum absolute atomic E-state index is 0.390. The first-order valence-electron chi connectivity index (χ1n) is 3.54. The average Bonchev–Trinajstić information content (AvgIpc) is 2.46. The number of carbonyl (C=O) groups excluding carboxylic acids is 1. The van der Waals surface area contributed by atoms with Crippen molar-refractivity contribution in [1.29, 1.82) is 0 Å². The lowest BCUT2D eigenvalue weighted by molar-refractivity contribution is -0.119. The lowest BCUT2D eigenvalue weighted by atomic mass is 10.2. The van der Waals surface area contributed by atoms with E-state index in [0.717, 1.165) is 5.70 Å². The maximum Gasteiger partial charge on any atom is 0.240 e. The first kappa shape index (κ1) is 7.05. The van der Waals surface area contributed by atoms with Gasteiger partial charge >= 0.3 is 0 Å². The molecule has 12 heavy (non-hydrogen) atoms. The summed E-state index contributed by atoms with van der Waals surface area (Å²) in [4.78, 5) is 14.7. The van der Waals surface area contributed by atoms with Crippen molar-refractivity contribution in [2.75, 3.05) is 0 Å². The summed E-state index contributed by atoms with van der Waals surface area (Å²) in [6.45, 7) is 0. The minimum Gasteiger partial charge on any atom is -0.368 e. The Hall–Kier alpha value is -1.62. The molecule has 2 heterocycles. The fourth-order valence-electron chi connectivity index (χ4n) is 1.12. The van der Waals surface area contributed by atoms with E-state index < -0.39 is 11.9 Å². The van der Waals surface area contributed by atoms with Crippen LogP contribution in [0.4, 0.5) is 0 Å². The van der Waals surface area contributed by atoms with Crippen LogP contribution >= 0.6 is 0 Å². The SMILES string of the molecule is NC(=O)C1C=C2C=NC=CN2N1. The Morgan fingerprint density at radius 2 is 2.58 bits per heavy atom. The number of amides is 1. The number of hydrogen-bond acceptors (Lipinski definition) is 4. The molecule has 0 spiro atoms. The van der Waals surface area contributed by atoms with Gasteiger partial charge in [-0.3, -0.25) is 14.8 Å². The molecule has 2 aliphatic rings. The number of nitrogens with zero attached hydrogens (tertiary/aromatic N) is 2. The van der Waals surface area contributed by atoms with E-state index in [-0.39, 0.29) is 0 Å². The van der Waals surface area contributed by atoms with Crippen molar-refractivity contribution < 1.29 is 4.79 Å². The highest BCUT2D eigenvalue weighted by atomic mass is 16.1. The molecule has 3 N–H and O–H groups in total. The summed E-state index contributed by atoms with van der Waals surface area (Å²) in [5.41, 5.74) is 8.84. The Balaban J connectivity index is 2.23. The fraction of sp³-hybridized carbons (Fsp3) is 0.143. The number of primary amides is 1. The molecule has 0 aromatic heterocycles. The third-order valence-corrected chi connectivity index (χ3v) is 1.71. The smallest absolute Gasteiger partial charge is 0.240 e. The van der Waals surface area contributed by atoms with Gasteiger partial charge in [-0.1, -0.05) is 0 Å². The number of hydrazine groups is 1. The lowest BCUT2D eigenvalue weighted by Gasteiger charge is -2.17. The number of hydrogen-bond donors (Lipinski definition) is 2. The molecule has 5 heteroatoms. The van der Waals surface area contributed by atoms with Crippen LogP contribution in [0.15, 0.2) is 29.2 Å². The molecule has 0 aliphatic carbocycles. The molecule has 5 nitrogen and oxygen atoms in total. The molecule has 0 saturated heterocycles. The summed E-state index contributed by atoms with van der Waals surface area (Å²) in [5.74, 6) is -0.390. The van der Waals surface area contributed by atoms with Crippen LogP contribution in [0.2, 0.25) is 0 Å². The molecule has 0 aromatic rings. The van der Waals surface area contributed by atoms with Crippen molar-refractivity contribution in [3.05, 3.63) is 24.2 Å². The topological polar surface area (TPSA) is 70.7 Å². The standard InChI is InChI=1S/C7H8N4O/c8-7(12)6-3-5-4-9-1-2-11(5)10-6/h1-4,6,10H,(H2,8,12). The summed E-state index contributed by atoms with van der Waals surface area (Å²) in [6, 6.07) is -0.422. The molecule has 2 rings (SSSR count). The third-order valence-electron chi connectivity index (χ3n) is 1.71. The Labute approximate surface area is 69.2 Å². The van der Waals surface area contributed by atoms with E-state index in [1.54, 1.807) is 29.7 Å². The third kappa shape index (κ3) is 0.998. The van der Waals surface area contributed by atoms with Crippen LogP contribution in [0.3, 0.4) is 0 Å². The zero-order valence-electron chi connectivity index (χ0n) is 6.27. The highest BCUT2D eigenvalue weighted by molar-refractivity contribution is 5.87. The van der Waals surface area contributed by atoms with Crippen molar-refractivity contribution in [3.63, 3.8) is 0 Å². The number of carbonyl (C=O) groups is 1. The lowest BCUT2D eigenvalue weighted by Crippen LogP contribution is -2.41. The van der Waals surface area contributed by atoms with Crippen molar-refractivity contribution in [2.24, 2.45) is 10.7 Å². The van der Waals surface area contributed by atoms with Gasteiger partial charge in [0.2, 0.25) is 5.91 Å². The second kappa shape index (κ2) is 2.46. The van der Waals surface area contributed by atoms with Gasteiger partial charge < -0.3 is 5.73 Å². The Bertz CT molecular complexity index is 305. The molecular formula is C7H8N4O. The van der Waals surface area contributed by atoms with Crippen LogP contribution in [-0.2, 0) is 4.79 Å². The van der Waals surface area contributed by atoms with Crippen molar-refractivity contribution in [2.45, 2.75) is 6.04 Å². The minimum atomic E-state index is -0.422. The molecule has 62 valence electrons. The zero-order chi connectivity index (χ0) is 8.55. The van der Waals surface area contributed by atoms with E-state index in [4.69, 9.17) is 5.73 Å². The molecule has 0 bridgehead atoms. The van der Waals surface area contributed by atoms with Gasteiger partial charge in [0, 0.05) is 12.4 Å². The van der Waals surface area contributed by atoms with E-state index in [2.05, 4.69) is 10.4 Å². The van der Waals surface area contributed by atoms with Crippen LogP contribution in [0, 0.1) is 0 Å². The normalized spacial score (nSPS) is 25.5. The number of nitrogens with one attached hydrogen (secondary N) is 1. The van der Waals surface area contributed by atoms with Crippen LogP contribution in [-0.4, -0.2) is 23.2 Å². The average molecular weight is 164 g/mol. The van der Waals surface area contributed by atoms with Gasteiger partial charge in [0.1, 0.15) is 6.04 Å². The highest BCUT2D eigenvalue weighted by Crippen LogP contribution is 2.12. The highest BCUT2D eigenvalue weighted by Gasteiger charge is 2.24. The Morgan fingerprint density at radius 1 is 1.75 bits per heavy atom. The van der Waals surface area contributed by atoms with Gasteiger partial charge in [-0.25, -0.2) is 5.43 Å². The van der Waals surface area contributed by atoms with E-state index >= 15 is 0 Å². The Kier molecular flexibility index (Phi) is 1.44. The first-order chi connectivity index (χ1) is 5.77. The number of fused-ring (bicyclic) bond motifs is 1. The van der Waals surface area contributed by atoms with E-state index in [9.17, 15) is 4.79 Å². The van der Waals surface area contributed by atoms with E-state index in [1.807, 2.05) is 0 Å². The van der Waals surface area contributed by atoms with Crippen LogP contribution in [0.5, 0.6) is 0 Å². The maximum atomic E-state index is 10.8. The van der Waals surface area contributed by atoms with Gasteiger partial charge in [0.25, 0.3) is 0 Å². The summed E-state index contributed by atoms with van der Waals surface area (Å²) < 4.78 is 0. The first-order valence-corrected chi connectivity index (χ1v) is 3.54. The van der Waals surface area contributed by atoms with Crippen LogP contribution in [0.25, 0.3) is 0 Å². The zero-order valence-corrected chi connectivity index (χ0v) is 6.27. The maximum absolute atomic E-state index is 10.8. The number of allylic oxidation sites excluding steroid dienone is 1. The van der Waals surface area contributed by atoms with Gasteiger partial charge in [-0.05, 0) is 6.08 Å². The van der Waals surface area contributed by atoms with Gasteiger partial charge in [0.05, 0.1) is 11.9 Å². The predicted octanol–water partition coefficient (Wildman–Crippen LogP) is -0.900. The molecule has 2 aliphatic heterocycles. The van der Waals surface area contributed by atoms with Gasteiger partial charge in [0.15, 0.2) is 0 Å². The van der Waals surface area contributed by atoms with Crippen molar-refractivity contribution >= 4 is 12.1 Å². The van der Waals surface area contributed by atoms with Gasteiger partial charge in [-0.2, -0.15) is 0 Å². The molecular weight excluding hydrogens is 156 g/mol. The number of aliphatic imine (C=N–C) groups is 1. The van der Waals surface area contributed by atoms with Crippen molar-refractivity contribution in [1.82, 2.24) is 10.4 Å². The summed E-state index contributed by atoms with van der Waals surface area (Å²) in [5, 5.41) is 1.71. The summed E-state index contributed by atoms with van der Waals surface area (Å²) in [6.07, 6.45) is 6.76. The second-order valence-corrected chi connectivity index (χ2v) is 2.55. The predicted molar refractivity (Wildman–Crippen MR) is 43.7 cm³/mol. The van der Waals surface area contributed by atoms with Crippen LogP contribution < -0.4 is 11.2 Å². The Morgan fingerprint density at radius 3 is 3.25 bits per heavy atom. The van der Waals surface area contributed by atoms with E-state index in [0.29, 0.717) is 0 Å². The molecule has 0 saturated carbocycles. The quantitative estimate of drug-likeness (QED) is 0.527. The number of rotatable bonds is 1. The summed E-state index contributed by atoms with van der Waals surface area (Å²) in [7, 11) is 0. The fourth-order valence-corrected chi connectivity index (χ4v) is 1.12. The molecule has 1 amide bonds. The molecule has 1 unspecified atom stereocenters. The monoisotopic (exact) mass is 164 g/mol. The second-order valence-electron chi connectivity index (χ2n) is 2.55. The van der Waals surface area contributed by atoms with Gasteiger partial charge in [-0.15, -0.1) is 0 Å². The largest absolute Gasteiger partial charge is 0.368 e. The molecule has 0 radical (unpaired) electrons. The van der Waals surface area contributed by atoms with E-state index in [1.165, 1.54) is 0 Å². The van der Waals surface area contributed by atoms with Crippen LogP contribution in [0.1, 0.15) is 0 Å². The van der Waals surface area contributed by atoms with Crippen molar-refractivity contribution in [3.8, 4) is 0 Å². The molecule has 1 atom stereocenters. The summed E-state index contributed by atoms with van der Waals surface area (Å²) >= 11 is 0. The molecule has 0 fully saturated rings.